The van der Waals surface area contributed by atoms with Crippen LogP contribution in [0.15, 0.2) is 29.1 Å². The molecule has 0 saturated heterocycles. The highest BCUT2D eigenvalue weighted by Crippen LogP contribution is 2.08. The standard InChI is InChI=1S/C9H7N5O/c1-13-8(15)6-4-2-3-5-7(6)14-9(13)10-11-12-14/h2-5H,1H3. The van der Waals surface area contributed by atoms with Gasteiger partial charge < -0.3 is 0 Å². The molecule has 3 aromatic rings. The van der Waals surface area contributed by atoms with E-state index in [4.69, 9.17) is 0 Å². The summed E-state index contributed by atoms with van der Waals surface area (Å²) < 4.78 is 2.99. The molecule has 0 aliphatic heterocycles. The topological polar surface area (TPSA) is 65.1 Å². The van der Waals surface area contributed by atoms with Crippen molar-refractivity contribution in [3.05, 3.63) is 34.6 Å². The number of para-hydroxylation sites is 1. The number of nitrogens with zero attached hydrogens (tertiary/aromatic N) is 5. The molecule has 0 amide bonds. The molecule has 2 aromatic heterocycles. The van der Waals surface area contributed by atoms with Crippen LogP contribution in [0.3, 0.4) is 0 Å². The average molecular weight is 201 g/mol. The van der Waals surface area contributed by atoms with E-state index in [1.807, 2.05) is 18.2 Å². The Morgan fingerprint density at radius 2 is 2.07 bits per heavy atom. The zero-order valence-electron chi connectivity index (χ0n) is 7.95. The van der Waals surface area contributed by atoms with Crippen LogP contribution in [-0.4, -0.2) is 24.6 Å². The Hall–Kier alpha value is -2.24. The first-order valence-electron chi connectivity index (χ1n) is 4.45. The maximum atomic E-state index is 11.9. The van der Waals surface area contributed by atoms with Crippen molar-refractivity contribution in [1.82, 2.24) is 24.6 Å². The van der Waals surface area contributed by atoms with Gasteiger partial charge in [0.15, 0.2) is 0 Å². The van der Waals surface area contributed by atoms with Crippen molar-refractivity contribution in [2.75, 3.05) is 0 Å². The molecule has 0 aliphatic carbocycles. The summed E-state index contributed by atoms with van der Waals surface area (Å²) >= 11 is 0. The Bertz CT molecular complexity index is 711. The molecule has 0 aliphatic rings. The molecule has 0 bridgehead atoms. The van der Waals surface area contributed by atoms with Crippen LogP contribution in [0.25, 0.3) is 16.7 Å². The molecule has 6 heteroatoms. The van der Waals surface area contributed by atoms with Gasteiger partial charge in [0.2, 0.25) is 0 Å². The van der Waals surface area contributed by atoms with Crippen LogP contribution >= 0.6 is 0 Å². The first kappa shape index (κ1) is 8.10. The van der Waals surface area contributed by atoms with Crippen molar-refractivity contribution in [3.63, 3.8) is 0 Å². The van der Waals surface area contributed by atoms with E-state index in [1.165, 1.54) is 4.57 Å². The Morgan fingerprint density at radius 1 is 1.27 bits per heavy atom. The molecule has 0 N–H and O–H groups in total. The second-order valence-corrected chi connectivity index (χ2v) is 3.27. The van der Waals surface area contributed by atoms with Gasteiger partial charge in [-0.15, -0.1) is 0 Å². The third-order valence-corrected chi connectivity index (χ3v) is 2.42. The van der Waals surface area contributed by atoms with E-state index in [9.17, 15) is 4.79 Å². The van der Waals surface area contributed by atoms with Gasteiger partial charge >= 0.3 is 0 Å². The number of aryl methyl sites for hydroxylation is 1. The maximum Gasteiger partial charge on any atom is 0.262 e. The Balaban J connectivity index is 2.77. The molecule has 15 heavy (non-hydrogen) atoms. The van der Waals surface area contributed by atoms with Crippen LogP contribution in [0.5, 0.6) is 0 Å². The smallest absolute Gasteiger partial charge is 0.262 e. The van der Waals surface area contributed by atoms with Crippen LogP contribution in [0.4, 0.5) is 0 Å². The minimum atomic E-state index is -0.0899. The summed E-state index contributed by atoms with van der Waals surface area (Å²) in [6, 6.07) is 7.25. The molecule has 0 unspecified atom stereocenters. The highest BCUT2D eigenvalue weighted by atomic mass is 16.1. The summed E-state index contributed by atoms with van der Waals surface area (Å²) in [5.41, 5.74) is 0.633. The first-order valence-corrected chi connectivity index (χ1v) is 4.45. The van der Waals surface area contributed by atoms with E-state index in [0.717, 1.165) is 5.52 Å². The average Bonchev–Trinajstić information content (AvgIpc) is 2.75. The summed E-state index contributed by atoms with van der Waals surface area (Å²) in [6.07, 6.45) is 0. The molecule has 0 radical (unpaired) electrons. The lowest BCUT2D eigenvalue weighted by atomic mass is 10.2. The number of benzene rings is 1. The lowest BCUT2D eigenvalue weighted by Gasteiger charge is -2.02. The van der Waals surface area contributed by atoms with Crippen LogP contribution in [-0.2, 0) is 7.05 Å². The van der Waals surface area contributed by atoms with Gasteiger partial charge in [0.25, 0.3) is 11.3 Å². The molecule has 0 spiro atoms. The molecular weight excluding hydrogens is 194 g/mol. The van der Waals surface area contributed by atoms with Crippen LogP contribution in [0, 0.1) is 0 Å². The monoisotopic (exact) mass is 201 g/mol. The summed E-state index contributed by atoms with van der Waals surface area (Å²) in [4.78, 5) is 11.9. The number of fused-ring (bicyclic) bond motifs is 3. The van der Waals surface area contributed by atoms with Crippen molar-refractivity contribution in [3.8, 4) is 0 Å². The summed E-state index contributed by atoms with van der Waals surface area (Å²) in [5, 5.41) is 11.8. The van der Waals surface area contributed by atoms with Crippen LogP contribution in [0.2, 0.25) is 0 Å². The fourth-order valence-electron chi connectivity index (χ4n) is 1.66. The molecule has 2 heterocycles. The number of tetrazole rings is 1. The number of rotatable bonds is 0. The van der Waals surface area contributed by atoms with E-state index in [1.54, 1.807) is 17.6 Å². The van der Waals surface area contributed by atoms with Gasteiger partial charge in [-0.1, -0.05) is 17.2 Å². The fraction of sp³-hybridized carbons (Fsp3) is 0.111. The van der Waals surface area contributed by atoms with Crippen LogP contribution in [0.1, 0.15) is 0 Å². The van der Waals surface area contributed by atoms with E-state index in [0.29, 0.717) is 11.2 Å². The van der Waals surface area contributed by atoms with Crippen molar-refractivity contribution in [1.29, 1.82) is 0 Å². The van der Waals surface area contributed by atoms with Gasteiger partial charge in [0.05, 0.1) is 10.9 Å². The van der Waals surface area contributed by atoms with Gasteiger partial charge in [-0.25, -0.2) is 0 Å². The number of aromatic nitrogens is 5. The highest BCUT2D eigenvalue weighted by Gasteiger charge is 2.09. The fourth-order valence-corrected chi connectivity index (χ4v) is 1.66. The Kier molecular flexibility index (Phi) is 1.42. The number of hydrogen-bond acceptors (Lipinski definition) is 4. The third-order valence-electron chi connectivity index (χ3n) is 2.42. The minimum Gasteiger partial charge on any atom is -0.278 e. The van der Waals surface area contributed by atoms with E-state index in [-0.39, 0.29) is 5.56 Å². The second-order valence-electron chi connectivity index (χ2n) is 3.27. The van der Waals surface area contributed by atoms with Gasteiger partial charge in [0.1, 0.15) is 0 Å². The van der Waals surface area contributed by atoms with E-state index >= 15 is 0 Å². The normalized spacial score (nSPS) is 11.3. The summed E-state index contributed by atoms with van der Waals surface area (Å²) in [6.45, 7) is 0. The van der Waals surface area contributed by atoms with Crippen molar-refractivity contribution < 1.29 is 0 Å². The second kappa shape index (κ2) is 2.63. The molecule has 6 nitrogen and oxygen atoms in total. The molecule has 74 valence electrons. The highest BCUT2D eigenvalue weighted by molar-refractivity contribution is 5.79. The van der Waals surface area contributed by atoms with Gasteiger partial charge in [-0.3, -0.25) is 9.36 Å². The molecule has 0 saturated carbocycles. The molecule has 0 fully saturated rings. The zero-order valence-corrected chi connectivity index (χ0v) is 7.95. The SMILES string of the molecule is Cn1c(=O)c2ccccc2n2nnnc12. The Labute approximate surface area is 83.8 Å². The van der Waals surface area contributed by atoms with Gasteiger partial charge in [-0.05, 0) is 22.6 Å². The molecule has 1 aromatic carbocycles. The van der Waals surface area contributed by atoms with E-state index in [2.05, 4.69) is 15.5 Å². The van der Waals surface area contributed by atoms with Crippen LogP contribution < -0.4 is 5.56 Å². The molecule has 0 atom stereocenters. The first-order chi connectivity index (χ1) is 7.29. The van der Waals surface area contributed by atoms with Gasteiger partial charge in [-0.2, -0.15) is 4.52 Å². The number of hydrogen-bond donors (Lipinski definition) is 0. The lowest BCUT2D eigenvalue weighted by Crippen LogP contribution is -2.20. The predicted molar refractivity (Wildman–Crippen MR) is 53.5 cm³/mol. The van der Waals surface area contributed by atoms with Crippen molar-refractivity contribution in [2.24, 2.45) is 7.05 Å². The lowest BCUT2D eigenvalue weighted by molar-refractivity contribution is 0.821. The zero-order chi connectivity index (χ0) is 10.4. The maximum absolute atomic E-state index is 11.9. The summed E-state index contributed by atoms with van der Waals surface area (Å²) in [5.74, 6) is 0.443. The van der Waals surface area contributed by atoms with Crippen molar-refractivity contribution in [2.45, 2.75) is 0 Å². The quantitative estimate of drug-likeness (QED) is 0.512. The third kappa shape index (κ3) is 0.927. The summed E-state index contributed by atoms with van der Waals surface area (Å²) in [7, 11) is 1.65. The van der Waals surface area contributed by atoms with E-state index < -0.39 is 0 Å². The predicted octanol–water partition coefficient (Wildman–Crippen LogP) is -0.0238. The van der Waals surface area contributed by atoms with Gasteiger partial charge in [0, 0.05) is 7.05 Å². The van der Waals surface area contributed by atoms with Crippen molar-refractivity contribution >= 4 is 16.7 Å². The minimum absolute atomic E-state index is 0.0899. The molecular formula is C9H7N5O. The largest absolute Gasteiger partial charge is 0.278 e. The molecule has 3 rings (SSSR count). The Morgan fingerprint density at radius 3 is 2.93 bits per heavy atom.